The second kappa shape index (κ2) is 6.08. The van der Waals surface area contributed by atoms with E-state index in [9.17, 15) is 26.3 Å². The molecular formula is C17H11F6N3. The Bertz CT molecular complexity index is 923. The lowest BCUT2D eigenvalue weighted by Gasteiger charge is -2.11. The molecule has 26 heavy (non-hydrogen) atoms. The molecule has 0 atom stereocenters. The van der Waals surface area contributed by atoms with Crippen molar-refractivity contribution in [3.8, 4) is 16.9 Å². The van der Waals surface area contributed by atoms with Crippen LogP contribution in [0.15, 0.2) is 55.0 Å². The van der Waals surface area contributed by atoms with Crippen molar-refractivity contribution >= 4 is 5.69 Å². The number of alkyl halides is 6. The standard InChI is InChI=1S/C17H11F6N3/c18-16(19,20)11-3-1-10(2-4-11)14-8-26(9-25-14)15-7-12(17(21,22)23)5-6-13(15)24/h1-9H,24H2. The molecule has 0 amide bonds. The van der Waals surface area contributed by atoms with Gasteiger partial charge in [-0.25, -0.2) is 4.98 Å². The lowest BCUT2D eigenvalue weighted by molar-refractivity contribution is -0.138. The largest absolute Gasteiger partial charge is 0.416 e. The number of rotatable bonds is 2. The lowest BCUT2D eigenvalue weighted by atomic mass is 10.1. The minimum Gasteiger partial charge on any atom is -0.397 e. The van der Waals surface area contributed by atoms with Gasteiger partial charge in [-0.15, -0.1) is 0 Å². The molecule has 136 valence electrons. The molecule has 0 bridgehead atoms. The highest BCUT2D eigenvalue weighted by atomic mass is 19.4. The van der Waals surface area contributed by atoms with E-state index in [1.54, 1.807) is 0 Å². The van der Waals surface area contributed by atoms with Gasteiger partial charge in [-0.3, -0.25) is 0 Å². The molecule has 0 spiro atoms. The average molecular weight is 371 g/mol. The first kappa shape index (κ1) is 17.8. The van der Waals surface area contributed by atoms with E-state index in [0.717, 1.165) is 30.3 Å². The SMILES string of the molecule is Nc1ccc(C(F)(F)F)cc1-n1cnc(-c2ccc(C(F)(F)F)cc2)c1. The summed E-state index contributed by atoms with van der Waals surface area (Å²) in [6, 6.07) is 7.19. The molecule has 1 aromatic heterocycles. The molecule has 9 heteroatoms. The van der Waals surface area contributed by atoms with Crippen molar-refractivity contribution < 1.29 is 26.3 Å². The highest BCUT2D eigenvalue weighted by Crippen LogP contribution is 2.33. The van der Waals surface area contributed by atoms with Crippen molar-refractivity contribution in [3.63, 3.8) is 0 Å². The molecule has 0 saturated carbocycles. The molecule has 3 rings (SSSR count). The van der Waals surface area contributed by atoms with E-state index in [0.29, 0.717) is 11.3 Å². The van der Waals surface area contributed by atoms with Crippen LogP contribution < -0.4 is 5.73 Å². The van der Waals surface area contributed by atoms with Gasteiger partial charge >= 0.3 is 12.4 Å². The Labute approximate surface area is 143 Å². The summed E-state index contributed by atoms with van der Waals surface area (Å²) in [6.45, 7) is 0. The van der Waals surface area contributed by atoms with Gasteiger partial charge in [-0.1, -0.05) is 12.1 Å². The minimum atomic E-state index is -4.53. The normalized spacial score (nSPS) is 12.4. The maximum Gasteiger partial charge on any atom is 0.416 e. The summed E-state index contributed by atoms with van der Waals surface area (Å²) in [5, 5.41) is 0. The molecule has 0 unspecified atom stereocenters. The molecule has 3 nitrogen and oxygen atoms in total. The zero-order valence-electron chi connectivity index (χ0n) is 12.9. The number of nitrogens with two attached hydrogens (primary N) is 1. The van der Waals surface area contributed by atoms with Gasteiger partial charge in [0.25, 0.3) is 0 Å². The average Bonchev–Trinajstić information content (AvgIpc) is 3.03. The maximum absolute atomic E-state index is 12.9. The Morgan fingerprint density at radius 3 is 1.96 bits per heavy atom. The van der Waals surface area contributed by atoms with Crippen molar-refractivity contribution in [1.82, 2.24) is 9.55 Å². The second-order valence-electron chi connectivity index (χ2n) is 5.51. The van der Waals surface area contributed by atoms with Crippen LogP contribution in [0.3, 0.4) is 0 Å². The number of hydrogen-bond donors (Lipinski definition) is 1. The van der Waals surface area contributed by atoms with Crippen molar-refractivity contribution in [2.75, 3.05) is 5.73 Å². The van der Waals surface area contributed by atoms with E-state index < -0.39 is 23.5 Å². The van der Waals surface area contributed by atoms with E-state index in [4.69, 9.17) is 5.73 Å². The van der Waals surface area contributed by atoms with E-state index in [1.807, 2.05) is 0 Å². The molecule has 0 aliphatic carbocycles. The third-order valence-electron chi connectivity index (χ3n) is 3.73. The molecule has 2 aromatic carbocycles. The number of nitrogens with zero attached hydrogens (tertiary/aromatic N) is 2. The monoisotopic (exact) mass is 371 g/mol. The van der Waals surface area contributed by atoms with Gasteiger partial charge in [0.1, 0.15) is 0 Å². The van der Waals surface area contributed by atoms with E-state index in [1.165, 1.54) is 29.2 Å². The van der Waals surface area contributed by atoms with Crippen LogP contribution in [0.5, 0.6) is 0 Å². The fourth-order valence-corrected chi connectivity index (χ4v) is 2.38. The number of anilines is 1. The van der Waals surface area contributed by atoms with Crippen LogP contribution in [-0.4, -0.2) is 9.55 Å². The first-order valence-corrected chi connectivity index (χ1v) is 7.24. The van der Waals surface area contributed by atoms with Crippen molar-refractivity contribution in [2.24, 2.45) is 0 Å². The molecule has 0 fully saturated rings. The highest BCUT2D eigenvalue weighted by molar-refractivity contribution is 5.63. The smallest absolute Gasteiger partial charge is 0.397 e. The Morgan fingerprint density at radius 2 is 1.38 bits per heavy atom. The van der Waals surface area contributed by atoms with Gasteiger partial charge in [-0.05, 0) is 30.3 Å². The first-order chi connectivity index (χ1) is 12.1. The van der Waals surface area contributed by atoms with Crippen molar-refractivity contribution in [2.45, 2.75) is 12.4 Å². The first-order valence-electron chi connectivity index (χ1n) is 7.24. The number of benzene rings is 2. The van der Waals surface area contributed by atoms with Crippen molar-refractivity contribution in [3.05, 3.63) is 66.1 Å². The molecule has 1 heterocycles. The molecule has 0 aliphatic rings. The van der Waals surface area contributed by atoms with Gasteiger partial charge < -0.3 is 10.3 Å². The topological polar surface area (TPSA) is 43.8 Å². The molecule has 0 saturated heterocycles. The van der Waals surface area contributed by atoms with Gasteiger partial charge in [0.15, 0.2) is 0 Å². The summed E-state index contributed by atoms with van der Waals surface area (Å²) in [5.74, 6) is 0. The fourth-order valence-electron chi connectivity index (χ4n) is 2.38. The van der Waals surface area contributed by atoms with Crippen LogP contribution in [0.1, 0.15) is 11.1 Å². The summed E-state index contributed by atoms with van der Waals surface area (Å²) >= 11 is 0. The summed E-state index contributed by atoms with van der Waals surface area (Å²) in [4.78, 5) is 4.03. The fraction of sp³-hybridized carbons (Fsp3) is 0.118. The predicted molar refractivity (Wildman–Crippen MR) is 83.4 cm³/mol. The molecular weight excluding hydrogens is 360 g/mol. The van der Waals surface area contributed by atoms with Crippen LogP contribution in [0.25, 0.3) is 16.9 Å². The van der Waals surface area contributed by atoms with Crippen LogP contribution in [-0.2, 0) is 12.4 Å². The Morgan fingerprint density at radius 1 is 0.808 bits per heavy atom. The Balaban J connectivity index is 1.96. The number of imidazole rings is 1. The molecule has 2 N–H and O–H groups in total. The summed E-state index contributed by atoms with van der Waals surface area (Å²) in [5.41, 5.74) is 4.94. The van der Waals surface area contributed by atoms with Crippen molar-refractivity contribution in [1.29, 1.82) is 0 Å². The minimum absolute atomic E-state index is 0.0745. The molecule has 3 aromatic rings. The predicted octanol–water partition coefficient (Wildman–Crippen LogP) is 5.16. The summed E-state index contributed by atoms with van der Waals surface area (Å²) < 4.78 is 77.7. The zero-order valence-corrected chi connectivity index (χ0v) is 12.9. The van der Waals surface area contributed by atoms with E-state index in [-0.39, 0.29) is 11.4 Å². The third kappa shape index (κ3) is 3.51. The number of aromatic nitrogens is 2. The number of hydrogen-bond acceptors (Lipinski definition) is 2. The van der Waals surface area contributed by atoms with Gasteiger partial charge in [-0.2, -0.15) is 26.3 Å². The van der Waals surface area contributed by atoms with Crippen LogP contribution in [0, 0.1) is 0 Å². The van der Waals surface area contributed by atoms with Crippen LogP contribution in [0.4, 0.5) is 32.0 Å². The second-order valence-corrected chi connectivity index (χ2v) is 5.51. The Hall–Kier alpha value is -2.97. The van der Waals surface area contributed by atoms with Crippen LogP contribution >= 0.6 is 0 Å². The Kier molecular flexibility index (Phi) is 4.17. The quantitative estimate of drug-likeness (QED) is 0.500. The highest BCUT2D eigenvalue weighted by Gasteiger charge is 2.31. The van der Waals surface area contributed by atoms with Gasteiger partial charge in [0.2, 0.25) is 0 Å². The molecule has 0 aliphatic heterocycles. The van der Waals surface area contributed by atoms with Gasteiger partial charge in [0, 0.05) is 11.8 Å². The van der Waals surface area contributed by atoms with E-state index >= 15 is 0 Å². The van der Waals surface area contributed by atoms with E-state index in [2.05, 4.69) is 4.98 Å². The third-order valence-corrected chi connectivity index (χ3v) is 3.73. The maximum atomic E-state index is 12.9. The van der Waals surface area contributed by atoms with Gasteiger partial charge in [0.05, 0.1) is 34.5 Å². The molecule has 0 radical (unpaired) electrons. The number of halogens is 6. The van der Waals surface area contributed by atoms with Crippen LogP contribution in [0.2, 0.25) is 0 Å². The number of nitrogen functional groups attached to an aromatic ring is 1. The zero-order chi connectivity index (χ0) is 19.1. The summed E-state index contributed by atoms with van der Waals surface area (Å²) in [7, 11) is 0. The summed E-state index contributed by atoms with van der Waals surface area (Å²) in [6.07, 6.45) is -6.34. The lowest BCUT2D eigenvalue weighted by Crippen LogP contribution is -2.07.